The first-order chi connectivity index (χ1) is 11.7. The van der Waals surface area contributed by atoms with Gasteiger partial charge in [0, 0.05) is 29.8 Å². The van der Waals surface area contributed by atoms with Crippen LogP contribution in [-0.4, -0.2) is 26.8 Å². The van der Waals surface area contributed by atoms with E-state index in [0.717, 1.165) is 35.5 Å². The van der Waals surface area contributed by atoms with Crippen LogP contribution >= 0.6 is 15.9 Å². The Morgan fingerprint density at radius 3 is 3.00 bits per heavy atom. The van der Waals surface area contributed by atoms with E-state index in [1.165, 1.54) is 0 Å². The number of carbonyl (C=O) groups excluding carboxylic acids is 1. The molecule has 0 saturated carbocycles. The van der Waals surface area contributed by atoms with Crippen molar-refractivity contribution in [3.8, 4) is 5.69 Å². The number of nitrogens with one attached hydrogen (secondary N) is 2. The number of amides is 1. The van der Waals surface area contributed by atoms with Gasteiger partial charge in [-0.15, -0.1) is 0 Å². The third kappa shape index (κ3) is 2.76. The molecule has 0 aliphatic carbocycles. The lowest BCUT2D eigenvalue weighted by atomic mass is 10.3. The van der Waals surface area contributed by atoms with Gasteiger partial charge < -0.3 is 15.2 Å². The normalized spacial score (nSPS) is 13.5. The maximum atomic E-state index is 12.6. The molecule has 6 nitrogen and oxygen atoms in total. The van der Waals surface area contributed by atoms with Crippen LogP contribution in [0.2, 0.25) is 0 Å². The van der Waals surface area contributed by atoms with E-state index >= 15 is 0 Å². The summed E-state index contributed by atoms with van der Waals surface area (Å²) in [6, 6.07) is 11.7. The number of hydrogen-bond donors (Lipinski definition) is 2. The first-order valence-electron chi connectivity index (χ1n) is 7.72. The minimum absolute atomic E-state index is 0.116. The van der Waals surface area contributed by atoms with Crippen molar-refractivity contribution < 1.29 is 4.79 Å². The smallest absolute Gasteiger partial charge is 0.272 e. The van der Waals surface area contributed by atoms with Crippen LogP contribution in [-0.2, 0) is 13.1 Å². The van der Waals surface area contributed by atoms with Crippen molar-refractivity contribution in [3.63, 3.8) is 0 Å². The molecule has 3 aromatic rings. The van der Waals surface area contributed by atoms with Gasteiger partial charge in [-0.2, -0.15) is 5.10 Å². The van der Waals surface area contributed by atoms with E-state index in [4.69, 9.17) is 0 Å². The number of para-hydroxylation sites is 1. The fourth-order valence-electron chi connectivity index (χ4n) is 2.89. The Morgan fingerprint density at radius 1 is 1.25 bits per heavy atom. The van der Waals surface area contributed by atoms with E-state index in [1.807, 2.05) is 36.4 Å². The van der Waals surface area contributed by atoms with Gasteiger partial charge >= 0.3 is 0 Å². The predicted octanol–water partition coefficient (Wildman–Crippen LogP) is 2.79. The van der Waals surface area contributed by atoms with Crippen LogP contribution in [0, 0.1) is 0 Å². The van der Waals surface area contributed by atoms with Gasteiger partial charge in [0.05, 0.1) is 23.8 Å². The summed E-state index contributed by atoms with van der Waals surface area (Å²) in [6.45, 7) is 2.48. The van der Waals surface area contributed by atoms with E-state index < -0.39 is 0 Å². The summed E-state index contributed by atoms with van der Waals surface area (Å²) in [5.74, 6) is -0.116. The molecule has 0 bridgehead atoms. The van der Waals surface area contributed by atoms with Crippen LogP contribution < -0.4 is 10.6 Å². The summed E-state index contributed by atoms with van der Waals surface area (Å²) in [4.78, 5) is 12.6. The Labute approximate surface area is 147 Å². The Balaban J connectivity index is 1.55. The van der Waals surface area contributed by atoms with Gasteiger partial charge in [0.1, 0.15) is 5.69 Å². The number of fused-ring (bicyclic) bond motifs is 1. The summed E-state index contributed by atoms with van der Waals surface area (Å²) < 4.78 is 4.74. The monoisotopic (exact) mass is 385 g/mol. The summed E-state index contributed by atoms with van der Waals surface area (Å²) in [7, 11) is 0. The van der Waals surface area contributed by atoms with Crippen LogP contribution in [0.25, 0.3) is 5.69 Å². The minimum atomic E-state index is -0.116. The van der Waals surface area contributed by atoms with E-state index in [2.05, 4.69) is 36.2 Å². The van der Waals surface area contributed by atoms with E-state index in [1.54, 1.807) is 17.1 Å². The second-order valence-electron chi connectivity index (χ2n) is 5.62. The average Bonchev–Trinajstić information content (AvgIpc) is 3.22. The molecule has 0 atom stereocenters. The fourth-order valence-corrected chi connectivity index (χ4v) is 3.35. The van der Waals surface area contributed by atoms with Gasteiger partial charge in [-0.05, 0) is 40.2 Å². The molecule has 0 radical (unpaired) electrons. The van der Waals surface area contributed by atoms with Crippen LogP contribution in [0.15, 0.2) is 53.3 Å². The van der Waals surface area contributed by atoms with E-state index in [9.17, 15) is 4.79 Å². The maximum absolute atomic E-state index is 12.6. The Morgan fingerprint density at radius 2 is 2.12 bits per heavy atom. The standard InChI is InChI=1S/C17H16BrN5O/c18-14-3-1-2-4-15(14)23-11-12(9-20-23)21-17(24)16-6-5-13-10-19-7-8-22(13)16/h1-6,9,11,19H,7-8,10H2,(H,21,24). The fraction of sp³-hybridized carbons (Fsp3) is 0.176. The molecule has 24 heavy (non-hydrogen) atoms. The molecule has 0 fully saturated rings. The Kier molecular flexibility index (Phi) is 3.95. The molecule has 0 unspecified atom stereocenters. The van der Waals surface area contributed by atoms with Crippen molar-refractivity contribution >= 4 is 27.5 Å². The summed E-state index contributed by atoms with van der Waals surface area (Å²) in [6.07, 6.45) is 3.46. The third-order valence-electron chi connectivity index (χ3n) is 4.06. The van der Waals surface area contributed by atoms with Crippen molar-refractivity contribution in [2.24, 2.45) is 0 Å². The number of rotatable bonds is 3. The third-order valence-corrected chi connectivity index (χ3v) is 4.73. The molecule has 4 rings (SSSR count). The molecule has 1 aromatic carbocycles. The predicted molar refractivity (Wildman–Crippen MR) is 95.4 cm³/mol. The zero-order valence-electron chi connectivity index (χ0n) is 12.9. The lowest BCUT2D eigenvalue weighted by Crippen LogP contribution is -2.30. The van der Waals surface area contributed by atoms with E-state index in [-0.39, 0.29) is 5.91 Å². The lowest BCUT2D eigenvalue weighted by Gasteiger charge is -2.18. The van der Waals surface area contributed by atoms with Gasteiger partial charge in [0.2, 0.25) is 0 Å². The van der Waals surface area contributed by atoms with Gasteiger partial charge in [-0.3, -0.25) is 4.79 Å². The highest BCUT2D eigenvalue weighted by Crippen LogP contribution is 2.21. The minimum Gasteiger partial charge on any atom is -0.338 e. The SMILES string of the molecule is O=C(Nc1cnn(-c2ccccc2Br)c1)c1ccc2n1CCNC2. The highest BCUT2D eigenvalue weighted by Gasteiger charge is 2.18. The summed E-state index contributed by atoms with van der Waals surface area (Å²) in [5, 5.41) is 10.5. The number of nitrogens with zero attached hydrogens (tertiary/aromatic N) is 3. The second-order valence-corrected chi connectivity index (χ2v) is 6.47. The molecule has 2 N–H and O–H groups in total. The quantitative estimate of drug-likeness (QED) is 0.728. The van der Waals surface area contributed by atoms with Gasteiger partial charge in [0.15, 0.2) is 0 Å². The zero-order chi connectivity index (χ0) is 16.5. The van der Waals surface area contributed by atoms with Crippen molar-refractivity contribution in [2.75, 3.05) is 11.9 Å². The van der Waals surface area contributed by atoms with Crippen LogP contribution in [0.1, 0.15) is 16.2 Å². The Bertz CT molecular complexity index is 898. The summed E-state index contributed by atoms with van der Waals surface area (Å²) >= 11 is 3.51. The Hall–Kier alpha value is -2.38. The molecule has 1 amide bonds. The van der Waals surface area contributed by atoms with Gasteiger partial charge in [-0.25, -0.2) is 4.68 Å². The molecule has 0 spiro atoms. The van der Waals surface area contributed by atoms with Crippen molar-refractivity contribution in [2.45, 2.75) is 13.1 Å². The lowest BCUT2D eigenvalue weighted by molar-refractivity contribution is 0.101. The van der Waals surface area contributed by atoms with Crippen LogP contribution in [0.3, 0.4) is 0 Å². The van der Waals surface area contributed by atoms with Crippen molar-refractivity contribution in [3.05, 3.63) is 64.7 Å². The molecule has 0 saturated heterocycles. The molecule has 3 heterocycles. The average molecular weight is 386 g/mol. The molecular formula is C17H16BrN5O. The molecule has 1 aliphatic rings. The number of hydrogen-bond acceptors (Lipinski definition) is 3. The van der Waals surface area contributed by atoms with E-state index in [0.29, 0.717) is 11.4 Å². The first kappa shape index (κ1) is 15.2. The molecule has 7 heteroatoms. The van der Waals surface area contributed by atoms with Gasteiger partial charge in [-0.1, -0.05) is 12.1 Å². The molecule has 122 valence electrons. The number of aromatic nitrogens is 3. The number of benzene rings is 1. The number of halogens is 1. The second kappa shape index (κ2) is 6.26. The van der Waals surface area contributed by atoms with Gasteiger partial charge in [0.25, 0.3) is 5.91 Å². The topological polar surface area (TPSA) is 63.9 Å². The number of anilines is 1. The highest BCUT2D eigenvalue weighted by atomic mass is 79.9. The van der Waals surface area contributed by atoms with Crippen molar-refractivity contribution in [1.29, 1.82) is 0 Å². The molecule has 2 aromatic heterocycles. The first-order valence-corrected chi connectivity index (χ1v) is 8.52. The molecule has 1 aliphatic heterocycles. The van der Waals surface area contributed by atoms with Crippen LogP contribution in [0.5, 0.6) is 0 Å². The largest absolute Gasteiger partial charge is 0.338 e. The number of carbonyl (C=O) groups is 1. The van der Waals surface area contributed by atoms with Crippen molar-refractivity contribution in [1.82, 2.24) is 19.7 Å². The zero-order valence-corrected chi connectivity index (χ0v) is 14.5. The summed E-state index contributed by atoms with van der Waals surface area (Å²) in [5.41, 5.74) is 3.40. The molecular weight excluding hydrogens is 370 g/mol. The highest BCUT2D eigenvalue weighted by molar-refractivity contribution is 9.10. The maximum Gasteiger partial charge on any atom is 0.272 e. The van der Waals surface area contributed by atoms with Crippen LogP contribution in [0.4, 0.5) is 5.69 Å².